The van der Waals surface area contributed by atoms with Gasteiger partial charge in [-0.25, -0.2) is 9.78 Å². The van der Waals surface area contributed by atoms with Crippen LogP contribution in [-0.2, 0) is 0 Å². The normalized spacial score (nSPS) is 16.4. The fourth-order valence-electron chi connectivity index (χ4n) is 2.86. The standard InChI is InChI=1S/C18H22N4O3/c1-24-15-9-14(10-16(11-15)25-2)21-18(23)20-13-6-8-22(12-13)17-5-3-4-7-19-17/h3-5,7,9-11,13H,6,8,12H2,1-2H3,(H2,20,21,23). The lowest BCUT2D eigenvalue weighted by atomic mass is 10.2. The van der Waals surface area contributed by atoms with Gasteiger partial charge in [-0.05, 0) is 18.6 Å². The van der Waals surface area contributed by atoms with Crippen molar-refractivity contribution in [1.82, 2.24) is 10.3 Å². The van der Waals surface area contributed by atoms with Crippen molar-refractivity contribution < 1.29 is 14.3 Å². The van der Waals surface area contributed by atoms with E-state index in [0.717, 1.165) is 25.3 Å². The van der Waals surface area contributed by atoms with Gasteiger partial charge in [0.1, 0.15) is 17.3 Å². The van der Waals surface area contributed by atoms with Gasteiger partial charge in [-0.15, -0.1) is 0 Å². The number of urea groups is 1. The highest BCUT2D eigenvalue weighted by Crippen LogP contribution is 2.25. The summed E-state index contributed by atoms with van der Waals surface area (Å²) in [7, 11) is 3.15. The van der Waals surface area contributed by atoms with Gasteiger partial charge in [-0.3, -0.25) is 0 Å². The number of rotatable bonds is 5. The maximum absolute atomic E-state index is 12.3. The van der Waals surface area contributed by atoms with Crippen LogP contribution in [0.15, 0.2) is 42.6 Å². The summed E-state index contributed by atoms with van der Waals surface area (Å²) < 4.78 is 10.4. The number of nitrogens with one attached hydrogen (secondary N) is 2. The maximum atomic E-state index is 12.3. The SMILES string of the molecule is COc1cc(NC(=O)NC2CCN(c3ccccn3)C2)cc(OC)c1. The van der Waals surface area contributed by atoms with E-state index in [4.69, 9.17) is 9.47 Å². The van der Waals surface area contributed by atoms with Crippen molar-refractivity contribution in [3.63, 3.8) is 0 Å². The Hall–Kier alpha value is -2.96. The van der Waals surface area contributed by atoms with Gasteiger partial charge in [0.2, 0.25) is 0 Å². The summed E-state index contributed by atoms with van der Waals surface area (Å²) >= 11 is 0. The number of amides is 2. The first kappa shape index (κ1) is 16.9. The van der Waals surface area contributed by atoms with E-state index in [1.807, 2.05) is 18.2 Å². The largest absolute Gasteiger partial charge is 0.497 e. The monoisotopic (exact) mass is 342 g/mol. The van der Waals surface area contributed by atoms with Crippen molar-refractivity contribution >= 4 is 17.5 Å². The Morgan fingerprint density at radius 3 is 2.60 bits per heavy atom. The topological polar surface area (TPSA) is 75.7 Å². The van der Waals surface area contributed by atoms with Crippen LogP contribution in [0, 0.1) is 0 Å². The quantitative estimate of drug-likeness (QED) is 0.873. The Kier molecular flexibility index (Phi) is 5.23. The number of hydrogen-bond donors (Lipinski definition) is 2. The number of carbonyl (C=O) groups is 1. The second-order valence-corrected chi connectivity index (χ2v) is 5.82. The first-order valence-electron chi connectivity index (χ1n) is 8.14. The van der Waals surface area contributed by atoms with Crippen LogP contribution >= 0.6 is 0 Å². The second-order valence-electron chi connectivity index (χ2n) is 5.82. The van der Waals surface area contributed by atoms with Crippen LogP contribution in [0.3, 0.4) is 0 Å². The van der Waals surface area contributed by atoms with Gasteiger partial charge in [0.15, 0.2) is 0 Å². The molecule has 1 aliphatic heterocycles. The van der Waals surface area contributed by atoms with Crippen LogP contribution in [0.2, 0.25) is 0 Å². The van der Waals surface area contributed by atoms with Gasteiger partial charge in [0.05, 0.1) is 14.2 Å². The summed E-state index contributed by atoms with van der Waals surface area (Å²) in [6.45, 7) is 1.61. The Morgan fingerprint density at radius 1 is 1.20 bits per heavy atom. The average molecular weight is 342 g/mol. The molecule has 0 spiro atoms. The zero-order chi connectivity index (χ0) is 17.6. The molecule has 3 rings (SSSR count). The molecule has 25 heavy (non-hydrogen) atoms. The van der Waals surface area contributed by atoms with E-state index < -0.39 is 0 Å². The third-order valence-corrected chi connectivity index (χ3v) is 4.11. The Labute approximate surface area is 147 Å². The molecule has 1 aliphatic rings. The van der Waals surface area contributed by atoms with Crippen molar-refractivity contribution in [1.29, 1.82) is 0 Å². The van der Waals surface area contributed by atoms with Gasteiger partial charge in [-0.2, -0.15) is 0 Å². The molecule has 2 aromatic rings. The van der Waals surface area contributed by atoms with E-state index >= 15 is 0 Å². The minimum Gasteiger partial charge on any atom is -0.497 e. The molecule has 7 nitrogen and oxygen atoms in total. The summed E-state index contributed by atoms with van der Waals surface area (Å²) in [6, 6.07) is 10.9. The molecule has 132 valence electrons. The number of methoxy groups -OCH3 is 2. The molecule has 1 aromatic heterocycles. The van der Waals surface area contributed by atoms with Gasteiger partial charge in [0, 0.05) is 49.2 Å². The number of carbonyl (C=O) groups excluding carboxylic acids is 1. The Morgan fingerprint density at radius 2 is 1.96 bits per heavy atom. The number of pyridine rings is 1. The summed E-state index contributed by atoms with van der Waals surface area (Å²) in [5.74, 6) is 2.18. The minimum absolute atomic E-state index is 0.0782. The minimum atomic E-state index is -0.247. The molecule has 1 aromatic carbocycles. The summed E-state index contributed by atoms with van der Waals surface area (Å²) in [5.41, 5.74) is 0.619. The molecule has 7 heteroatoms. The molecule has 2 heterocycles. The van der Waals surface area contributed by atoms with E-state index in [1.54, 1.807) is 38.6 Å². The molecule has 2 amide bonds. The number of benzene rings is 1. The van der Waals surface area contributed by atoms with Crippen LogP contribution in [0.25, 0.3) is 0 Å². The van der Waals surface area contributed by atoms with Crippen LogP contribution in [0.4, 0.5) is 16.3 Å². The summed E-state index contributed by atoms with van der Waals surface area (Å²) in [6.07, 6.45) is 2.66. The molecule has 1 fully saturated rings. The lowest BCUT2D eigenvalue weighted by molar-refractivity contribution is 0.249. The van der Waals surface area contributed by atoms with Crippen LogP contribution < -0.4 is 25.0 Å². The predicted molar refractivity (Wildman–Crippen MR) is 96.6 cm³/mol. The number of anilines is 2. The van der Waals surface area contributed by atoms with E-state index in [2.05, 4.69) is 20.5 Å². The average Bonchev–Trinajstić information content (AvgIpc) is 3.10. The molecule has 0 bridgehead atoms. The lowest BCUT2D eigenvalue weighted by Crippen LogP contribution is -2.39. The number of nitrogens with zero attached hydrogens (tertiary/aromatic N) is 2. The molecule has 1 unspecified atom stereocenters. The first-order chi connectivity index (χ1) is 12.2. The van der Waals surface area contributed by atoms with Crippen molar-refractivity contribution in [3.05, 3.63) is 42.6 Å². The molecule has 0 radical (unpaired) electrons. The Bertz CT molecular complexity index is 701. The van der Waals surface area contributed by atoms with Crippen LogP contribution in [-0.4, -0.2) is 44.4 Å². The number of aromatic nitrogens is 1. The fraction of sp³-hybridized carbons (Fsp3) is 0.333. The molecule has 0 aliphatic carbocycles. The van der Waals surface area contributed by atoms with Gasteiger partial charge in [0.25, 0.3) is 0 Å². The van der Waals surface area contributed by atoms with Gasteiger partial charge >= 0.3 is 6.03 Å². The Balaban J connectivity index is 1.57. The second kappa shape index (κ2) is 7.74. The fourth-order valence-corrected chi connectivity index (χ4v) is 2.86. The molecule has 0 saturated carbocycles. The summed E-state index contributed by atoms with van der Waals surface area (Å²) in [4.78, 5) is 18.8. The van der Waals surface area contributed by atoms with Crippen molar-refractivity contribution in [2.24, 2.45) is 0 Å². The van der Waals surface area contributed by atoms with Gasteiger partial charge in [-0.1, -0.05) is 6.07 Å². The third-order valence-electron chi connectivity index (χ3n) is 4.11. The van der Waals surface area contributed by atoms with Crippen LogP contribution in [0.5, 0.6) is 11.5 Å². The number of ether oxygens (including phenoxy) is 2. The van der Waals surface area contributed by atoms with Crippen molar-refractivity contribution in [2.45, 2.75) is 12.5 Å². The smallest absolute Gasteiger partial charge is 0.319 e. The first-order valence-corrected chi connectivity index (χ1v) is 8.14. The molecular weight excluding hydrogens is 320 g/mol. The third kappa shape index (κ3) is 4.32. The maximum Gasteiger partial charge on any atom is 0.319 e. The van der Waals surface area contributed by atoms with Crippen molar-refractivity contribution in [3.8, 4) is 11.5 Å². The van der Waals surface area contributed by atoms with E-state index in [9.17, 15) is 4.79 Å². The molecule has 2 N–H and O–H groups in total. The zero-order valence-electron chi connectivity index (χ0n) is 14.4. The highest BCUT2D eigenvalue weighted by Gasteiger charge is 2.24. The van der Waals surface area contributed by atoms with Crippen molar-refractivity contribution in [2.75, 3.05) is 37.5 Å². The lowest BCUT2D eigenvalue weighted by Gasteiger charge is -2.18. The number of hydrogen-bond acceptors (Lipinski definition) is 5. The molecule has 1 saturated heterocycles. The molecular formula is C18H22N4O3. The van der Waals surface area contributed by atoms with E-state index in [0.29, 0.717) is 17.2 Å². The predicted octanol–water partition coefficient (Wildman–Crippen LogP) is 2.50. The zero-order valence-corrected chi connectivity index (χ0v) is 14.4. The van der Waals surface area contributed by atoms with E-state index in [1.165, 1.54) is 0 Å². The summed E-state index contributed by atoms with van der Waals surface area (Å²) in [5, 5.41) is 5.83. The van der Waals surface area contributed by atoms with Crippen LogP contribution in [0.1, 0.15) is 6.42 Å². The highest BCUT2D eigenvalue weighted by atomic mass is 16.5. The van der Waals surface area contributed by atoms with E-state index in [-0.39, 0.29) is 12.1 Å². The molecule has 1 atom stereocenters. The highest BCUT2D eigenvalue weighted by molar-refractivity contribution is 5.90. The van der Waals surface area contributed by atoms with Gasteiger partial charge < -0.3 is 25.0 Å².